The molecule has 0 saturated carbocycles. The average molecular weight is 237 g/mol. The fourth-order valence-electron chi connectivity index (χ4n) is 0.641. The van der Waals surface area contributed by atoms with E-state index in [2.05, 4.69) is 0 Å². The molecule has 0 aromatic rings. The third-order valence-electron chi connectivity index (χ3n) is 1.20. The van der Waals surface area contributed by atoms with E-state index in [4.69, 9.17) is 33.3 Å². The molecule has 0 aliphatic carbocycles. The molecule has 0 heterocycles. The second-order valence-electron chi connectivity index (χ2n) is 1.98. The van der Waals surface area contributed by atoms with Crippen LogP contribution in [0.5, 0.6) is 0 Å². The predicted molar refractivity (Wildman–Crippen MR) is 47.8 cm³/mol. The summed E-state index contributed by atoms with van der Waals surface area (Å²) in [4.78, 5) is 9.05. The second-order valence-corrected chi connectivity index (χ2v) is 4.59. The number of hydrogen-bond donors (Lipinski definition) is 3. The zero-order valence-electron chi connectivity index (χ0n) is 6.28. The Hall–Kier alpha value is 0.650. The van der Waals surface area contributed by atoms with Crippen molar-refractivity contribution >= 4 is 30.9 Å². The number of nitrogens with zero attached hydrogens (tertiary/aromatic N) is 1. The second kappa shape index (κ2) is 6.16. The molecule has 1 unspecified atom stereocenters. The molecular weight excluding hydrogens is 226 g/mol. The van der Waals surface area contributed by atoms with E-state index < -0.39 is 7.67 Å². The van der Waals surface area contributed by atoms with E-state index in [-0.39, 0.29) is 24.8 Å². The van der Waals surface area contributed by atoms with E-state index in [1.54, 1.807) is 0 Å². The highest BCUT2D eigenvalue weighted by atomic mass is 35.5. The van der Waals surface area contributed by atoms with Crippen LogP contribution in [-0.2, 0) is 4.57 Å². The fourth-order valence-corrected chi connectivity index (χ4v) is 2.15. The zero-order chi connectivity index (χ0) is 9.61. The molecule has 0 bridgehead atoms. The highest BCUT2D eigenvalue weighted by Crippen LogP contribution is 2.38. The minimum atomic E-state index is -3.85. The van der Waals surface area contributed by atoms with Gasteiger partial charge in [-0.1, -0.05) is 0 Å². The van der Waals surface area contributed by atoms with Gasteiger partial charge in [-0.25, -0.2) is 4.67 Å². The Kier molecular flexibility index (Phi) is 6.49. The molecule has 0 aromatic carbocycles. The summed E-state index contributed by atoms with van der Waals surface area (Å²) in [6, 6.07) is 0. The molecule has 0 aliphatic rings. The van der Waals surface area contributed by atoms with Gasteiger partial charge in [0.1, 0.15) is 0 Å². The van der Waals surface area contributed by atoms with Crippen molar-refractivity contribution in [1.82, 2.24) is 9.92 Å². The van der Waals surface area contributed by atoms with Crippen LogP contribution >= 0.6 is 30.9 Å². The van der Waals surface area contributed by atoms with Crippen LogP contribution in [0, 0.1) is 0 Å². The van der Waals surface area contributed by atoms with Crippen molar-refractivity contribution in [2.24, 2.45) is 0 Å². The molecule has 0 aromatic heterocycles. The van der Waals surface area contributed by atoms with E-state index in [9.17, 15) is 4.57 Å². The number of hydrogen-bond acceptors (Lipinski definition) is 2. The van der Waals surface area contributed by atoms with E-state index in [0.717, 1.165) is 4.67 Å². The van der Waals surface area contributed by atoms with Gasteiger partial charge < -0.3 is 10.1 Å². The molecule has 0 amide bonds. The average Bonchev–Trinajstić information content (AvgIpc) is 2.04. The molecule has 8 heteroatoms. The topological polar surface area (TPSA) is 72.8 Å². The SMILES string of the molecule is O=P(O)(NO)N(CCCl)CCCl. The van der Waals surface area contributed by atoms with Crippen molar-refractivity contribution in [1.29, 1.82) is 0 Å². The van der Waals surface area contributed by atoms with E-state index >= 15 is 0 Å². The van der Waals surface area contributed by atoms with Crippen LogP contribution in [0.1, 0.15) is 0 Å². The number of nitrogens with one attached hydrogen (secondary N) is 1. The summed E-state index contributed by atoms with van der Waals surface area (Å²) in [7, 11) is -3.85. The molecule has 0 aliphatic heterocycles. The van der Waals surface area contributed by atoms with Crippen molar-refractivity contribution in [2.45, 2.75) is 0 Å². The third-order valence-corrected chi connectivity index (χ3v) is 2.96. The van der Waals surface area contributed by atoms with Crippen LogP contribution in [0.4, 0.5) is 0 Å². The largest absolute Gasteiger partial charge is 0.363 e. The van der Waals surface area contributed by atoms with Gasteiger partial charge in [0.15, 0.2) is 0 Å². The van der Waals surface area contributed by atoms with Gasteiger partial charge in [-0.05, 0) is 0 Å². The quantitative estimate of drug-likeness (QED) is 0.362. The molecule has 5 nitrogen and oxygen atoms in total. The molecule has 0 spiro atoms. The maximum Gasteiger partial charge on any atom is 0.363 e. The van der Waals surface area contributed by atoms with Crippen LogP contribution in [-0.4, -0.2) is 39.6 Å². The molecule has 3 N–H and O–H groups in total. The minimum Gasteiger partial charge on any atom is -0.320 e. The van der Waals surface area contributed by atoms with Crippen molar-refractivity contribution < 1.29 is 14.7 Å². The van der Waals surface area contributed by atoms with Gasteiger partial charge in [-0.15, -0.1) is 28.5 Å². The maximum absolute atomic E-state index is 11.1. The Labute approximate surface area is 80.8 Å². The standard InChI is InChI=1S/C4H11Cl2N2O3P/c5-1-3-8(4-2-6)12(10,11)7-9/h9H,1-4H2,(H2,7,10,11). The lowest BCUT2D eigenvalue weighted by atomic mass is 10.6. The summed E-state index contributed by atoms with van der Waals surface area (Å²) < 4.78 is 12.2. The van der Waals surface area contributed by atoms with Gasteiger partial charge in [0, 0.05) is 24.8 Å². The highest BCUT2D eigenvalue weighted by molar-refractivity contribution is 7.53. The van der Waals surface area contributed by atoms with Gasteiger partial charge >= 0.3 is 7.67 Å². The fraction of sp³-hybridized carbons (Fsp3) is 1.00. The maximum atomic E-state index is 11.1. The summed E-state index contributed by atoms with van der Waals surface area (Å²) in [5, 5.41) is 9.66. The van der Waals surface area contributed by atoms with Crippen LogP contribution in [0.3, 0.4) is 0 Å². The lowest BCUT2D eigenvalue weighted by Gasteiger charge is -2.23. The lowest BCUT2D eigenvalue weighted by Crippen LogP contribution is -2.29. The number of alkyl halides is 2. The van der Waals surface area contributed by atoms with Crippen molar-refractivity contribution in [3.8, 4) is 0 Å². The highest BCUT2D eigenvalue weighted by Gasteiger charge is 2.25. The van der Waals surface area contributed by atoms with Crippen molar-refractivity contribution in [3.05, 3.63) is 0 Å². The Bertz CT molecular complexity index is 164. The zero-order valence-corrected chi connectivity index (χ0v) is 8.69. The first-order valence-corrected chi connectivity index (χ1v) is 5.88. The first-order valence-electron chi connectivity index (χ1n) is 3.20. The molecule has 0 fully saturated rings. The first-order chi connectivity index (χ1) is 5.58. The van der Waals surface area contributed by atoms with Crippen molar-refractivity contribution in [2.75, 3.05) is 24.8 Å². The summed E-state index contributed by atoms with van der Waals surface area (Å²) in [6.07, 6.45) is 0. The summed E-state index contributed by atoms with van der Waals surface area (Å²) in [5.41, 5.74) is 0. The molecule has 74 valence electrons. The van der Waals surface area contributed by atoms with Gasteiger partial charge in [-0.2, -0.15) is 0 Å². The van der Waals surface area contributed by atoms with E-state index in [1.807, 2.05) is 0 Å². The van der Waals surface area contributed by atoms with Gasteiger partial charge in [0.25, 0.3) is 0 Å². The Morgan fingerprint density at radius 2 is 1.75 bits per heavy atom. The Morgan fingerprint density at radius 1 is 1.33 bits per heavy atom. The van der Waals surface area contributed by atoms with E-state index in [1.165, 1.54) is 5.25 Å². The van der Waals surface area contributed by atoms with Gasteiger partial charge in [-0.3, -0.25) is 4.57 Å². The summed E-state index contributed by atoms with van der Waals surface area (Å²) in [5.74, 6) is 0.395. The van der Waals surface area contributed by atoms with Gasteiger partial charge in [0.2, 0.25) is 0 Å². The van der Waals surface area contributed by atoms with Crippen LogP contribution < -0.4 is 5.25 Å². The van der Waals surface area contributed by atoms with Crippen LogP contribution in [0.2, 0.25) is 0 Å². The van der Waals surface area contributed by atoms with Crippen LogP contribution in [0.15, 0.2) is 0 Å². The predicted octanol–water partition coefficient (Wildman–Crippen LogP) is 0.845. The number of rotatable bonds is 6. The third kappa shape index (κ3) is 4.05. The minimum absolute atomic E-state index is 0.190. The molecule has 0 saturated heterocycles. The Morgan fingerprint density at radius 3 is 2.00 bits per heavy atom. The monoisotopic (exact) mass is 236 g/mol. The summed E-state index contributed by atoms with van der Waals surface area (Å²) >= 11 is 10.7. The summed E-state index contributed by atoms with van der Waals surface area (Å²) in [6.45, 7) is 0.380. The molecule has 0 rings (SSSR count). The molecular formula is C4H11Cl2N2O3P. The van der Waals surface area contributed by atoms with Crippen LogP contribution in [0.25, 0.3) is 0 Å². The van der Waals surface area contributed by atoms with Gasteiger partial charge in [0.05, 0.1) is 0 Å². The lowest BCUT2D eigenvalue weighted by molar-refractivity contribution is 0.199. The molecule has 1 atom stereocenters. The number of halogens is 2. The van der Waals surface area contributed by atoms with E-state index in [0.29, 0.717) is 0 Å². The first kappa shape index (κ1) is 12.7. The normalized spacial score (nSPS) is 16.4. The Balaban J connectivity index is 4.17. The smallest absolute Gasteiger partial charge is 0.320 e. The molecule has 0 radical (unpaired) electrons. The molecule has 12 heavy (non-hydrogen) atoms. The van der Waals surface area contributed by atoms with Crippen molar-refractivity contribution in [3.63, 3.8) is 0 Å².